The maximum atomic E-state index is 5.78. The highest BCUT2D eigenvalue weighted by molar-refractivity contribution is 5.26. The fourth-order valence-electron chi connectivity index (χ4n) is 2.11. The van der Waals surface area contributed by atoms with Gasteiger partial charge >= 0.3 is 0 Å². The molecule has 102 valence electrons. The van der Waals surface area contributed by atoms with Crippen molar-refractivity contribution in [1.29, 1.82) is 0 Å². The minimum absolute atomic E-state index is 0.630. The molecule has 1 rings (SSSR count). The summed E-state index contributed by atoms with van der Waals surface area (Å²) < 4.78 is 0. The van der Waals surface area contributed by atoms with Crippen LogP contribution in [-0.4, -0.2) is 43.5 Å². The first-order valence-corrected chi connectivity index (χ1v) is 6.81. The van der Waals surface area contributed by atoms with E-state index in [-0.39, 0.29) is 0 Å². The molecule has 2 N–H and O–H groups in total. The van der Waals surface area contributed by atoms with Gasteiger partial charge in [0, 0.05) is 13.1 Å². The molecular weight excluding hydrogens is 222 g/mol. The summed E-state index contributed by atoms with van der Waals surface area (Å²) in [6, 6.07) is 8.48. The van der Waals surface area contributed by atoms with Crippen LogP contribution in [-0.2, 0) is 13.1 Å². The maximum absolute atomic E-state index is 5.78. The Morgan fingerprint density at radius 1 is 1.06 bits per heavy atom. The first-order chi connectivity index (χ1) is 8.67. The van der Waals surface area contributed by atoms with E-state index in [2.05, 4.69) is 55.1 Å². The molecule has 3 heteroatoms. The molecule has 0 radical (unpaired) electrons. The zero-order chi connectivity index (χ0) is 13.4. The Morgan fingerprint density at radius 3 is 2.28 bits per heavy atom. The second-order valence-electron chi connectivity index (χ2n) is 5.00. The molecule has 0 aliphatic rings. The summed E-state index contributed by atoms with van der Waals surface area (Å²) in [7, 11) is 4.25. The highest BCUT2D eigenvalue weighted by atomic mass is 15.1. The van der Waals surface area contributed by atoms with Gasteiger partial charge in [0.15, 0.2) is 0 Å². The Hall–Kier alpha value is -0.900. The zero-order valence-electron chi connectivity index (χ0n) is 12.0. The number of nitrogens with two attached hydrogens (primary N) is 1. The van der Waals surface area contributed by atoms with Crippen molar-refractivity contribution in [3.05, 3.63) is 35.4 Å². The van der Waals surface area contributed by atoms with Crippen LogP contribution in [0.2, 0.25) is 0 Å². The fraction of sp³-hybridized carbons (Fsp3) is 0.600. The Morgan fingerprint density at radius 2 is 1.72 bits per heavy atom. The van der Waals surface area contributed by atoms with E-state index in [1.807, 2.05) is 0 Å². The van der Waals surface area contributed by atoms with E-state index in [0.29, 0.717) is 6.54 Å². The molecule has 0 amide bonds. The van der Waals surface area contributed by atoms with Crippen LogP contribution in [0.15, 0.2) is 24.3 Å². The Kier molecular flexibility index (Phi) is 6.94. The average molecular weight is 249 g/mol. The molecule has 0 atom stereocenters. The van der Waals surface area contributed by atoms with Gasteiger partial charge in [-0.2, -0.15) is 0 Å². The number of hydrogen-bond acceptors (Lipinski definition) is 3. The van der Waals surface area contributed by atoms with Crippen molar-refractivity contribution in [3.8, 4) is 0 Å². The summed E-state index contributed by atoms with van der Waals surface area (Å²) in [5.74, 6) is 0. The predicted octanol–water partition coefficient (Wildman–Crippen LogP) is 1.92. The van der Waals surface area contributed by atoms with Gasteiger partial charge < -0.3 is 10.6 Å². The van der Waals surface area contributed by atoms with E-state index in [0.717, 1.165) is 26.2 Å². The van der Waals surface area contributed by atoms with E-state index in [1.54, 1.807) is 0 Å². The fourth-order valence-corrected chi connectivity index (χ4v) is 2.11. The number of hydrogen-bond donors (Lipinski definition) is 1. The zero-order valence-corrected chi connectivity index (χ0v) is 12.0. The molecule has 3 nitrogen and oxygen atoms in total. The van der Waals surface area contributed by atoms with Crippen LogP contribution in [0, 0.1) is 0 Å². The SMILES string of the molecule is CCN(CCCN(C)C)Cc1ccccc1CN. The van der Waals surface area contributed by atoms with E-state index in [4.69, 9.17) is 5.73 Å². The van der Waals surface area contributed by atoms with Gasteiger partial charge in [-0.05, 0) is 51.3 Å². The van der Waals surface area contributed by atoms with Gasteiger partial charge in [0.25, 0.3) is 0 Å². The molecule has 0 bridgehead atoms. The van der Waals surface area contributed by atoms with Crippen molar-refractivity contribution in [2.75, 3.05) is 33.7 Å². The van der Waals surface area contributed by atoms with Gasteiger partial charge in [-0.3, -0.25) is 4.90 Å². The summed E-state index contributed by atoms with van der Waals surface area (Å²) in [5.41, 5.74) is 8.42. The maximum Gasteiger partial charge on any atom is 0.0236 e. The van der Waals surface area contributed by atoms with Crippen LogP contribution in [0.5, 0.6) is 0 Å². The molecule has 0 fully saturated rings. The van der Waals surface area contributed by atoms with Crippen molar-refractivity contribution < 1.29 is 0 Å². The van der Waals surface area contributed by atoms with Crippen molar-refractivity contribution in [1.82, 2.24) is 9.80 Å². The second-order valence-corrected chi connectivity index (χ2v) is 5.00. The number of benzene rings is 1. The summed E-state index contributed by atoms with van der Waals surface area (Å²) in [5, 5.41) is 0. The normalized spacial score (nSPS) is 11.4. The lowest BCUT2D eigenvalue weighted by Gasteiger charge is -2.22. The molecule has 0 spiro atoms. The molecular formula is C15H27N3. The van der Waals surface area contributed by atoms with Gasteiger partial charge in [0.2, 0.25) is 0 Å². The van der Waals surface area contributed by atoms with Crippen molar-refractivity contribution in [3.63, 3.8) is 0 Å². The molecule has 1 aromatic rings. The molecule has 0 saturated carbocycles. The van der Waals surface area contributed by atoms with E-state index < -0.39 is 0 Å². The minimum Gasteiger partial charge on any atom is -0.326 e. The smallest absolute Gasteiger partial charge is 0.0236 e. The molecule has 0 unspecified atom stereocenters. The molecule has 0 aliphatic carbocycles. The third kappa shape index (κ3) is 5.17. The lowest BCUT2D eigenvalue weighted by molar-refractivity contribution is 0.258. The topological polar surface area (TPSA) is 32.5 Å². The van der Waals surface area contributed by atoms with E-state index >= 15 is 0 Å². The summed E-state index contributed by atoms with van der Waals surface area (Å²) >= 11 is 0. The Bertz CT molecular complexity index is 336. The summed E-state index contributed by atoms with van der Waals surface area (Å²) in [6.07, 6.45) is 1.21. The second kappa shape index (κ2) is 8.25. The largest absolute Gasteiger partial charge is 0.326 e. The van der Waals surface area contributed by atoms with E-state index in [9.17, 15) is 0 Å². The third-order valence-corrected chi connectivity index (χ3v) is 3.26. The van der Waals surface area contributed by atoms with Gasteiger partial charge in [-0.25, -0.2) is 0 Å². The first-order valence-electron chi connectivity index (χ1n) is 6.81. The highest BCUT2D eigenvalue weighted by Crippen LogP contribution is 2.11. The van der Waals surface area contributed by atoms with Crippen LogP contribution in [0.4, 0.5) is 0 Å². The first kappa shape index (κ1) is 15.2. The average Bonchev–Trinajstić information content (AvgIpc) is 2.37. The number of nitrogens with zero attached hydrogens (tertiary/aromatic N) is 2. The lowest BCUT2D eigenvalue weighted by atomic mass is 10.1. The summed E-state index contributed by atoms with van der Waals surface area (Å²) in [4.78, 5) is 4.72. The molecule has 0 heterocycles. The molecule has 0 aliphatic heterocycles. The summed E-state index contributed by atoms with van der Waals surface area (Å²) in [6.45, 7) is 7.25. The Labute approximate surface area is 112 Å². The van der Waals surface area contributed by atoms with Crippen molar-refractivity contribution in [2.45, 2.75) is 26.4 Å². The van der Waals surface area contributed by atoms with Gasteiger partial charge in [0.05, 0.1) is 0 Å². The lowest BCUT2D eigenvalue weighted by Crippen LogP contribution is -2.27. The van der Waals surface area contributed by atoms with Crippen LogP contribution in [0.25, 0.3) is 0 Å². The molecule has 0 aromatic heterocycles. The van der Waals surface area contributed by atoms with Crippen LogP contribution in [0.1, 0.15) is 24.5 Å². The molecule has 1 aromatic carbocycles. The molecule has 18 heavy (non-hydrogen) atoms. The monoisotopic (exact) mass is 249 g/mol. The van der Waals surface area contributed by atoms with Crippen LogP contribution >= 0.6 is 0 Å². The van der Waals surface area contributed by atoms with Gasteiger partial charge in [-0.15, -0.1) is 0 Å². The van der Waals surface area contributed by atoms with Crippen molar-refractivity contribution in [2.24, 2.45) is 5.73 Å². The van der Waals surface area contributed by atoms with Crippen LogP contribution in [0.3, 0.4) is 0 Å². The predicted molar refractivity (Wildman–Crippen MR) is 78.5 cm³/mol. The van der Waals surface area contributed by atoms with E-state index in [1.165, 1.54) is 17.5 Å². The quantitative estimate of drug-likeness (QED) is 0.764. The van der Waals surface area contributed by atoms with Crippen LogP contribution < -0.4 is 5.73 Å². The Balaban J connectivity index is 2.51. The standard InChI is InChI=1S/C15H27N3/c1-4-18(11-7-10-17(2)3)13-15-9-6-5-8-14(15)12-16/h5-6,8-9H,4,7,10-13,16H2,1-3H3. The molecule has 0 saturated heterocycles. The van der Waals surface area contributed by atoms with Gasteiger partial charge in [0.1, 0.15) is 0 Å². The van der Waals surface area contributed by atoms with Crippen molar-refractivity contribution >= 4 is 0 Å². The third-order valence-electron chi connectivity index (χ3n) is 3.26. The van der Waals surface area contributed by atoms with Gasteiger partial charge in [-0.1, -0.05) is 31.2 Å². The number of rotatable bonds is 8. The highest BCUT2D eigenvalue weighted by Gasteiger charge is 2.06. The minimum atomic E-state index is 0.630.